The molecule has 12 heteroatoms. The maximum absolute atomic E-state index is 11.1. The molecule has 266 valence electrons. The molecule has 1 atom stereocenters. The second kappa shape index (κ2) is 34.3. The smallest absolute Gasteiger partial charge is 0.340 e. The van der Waals surface area contributed by atoms with Crippen molar-refractivity contribution in [2.24, 2.45) is 0 Å². The van der Waals surface area contributed by atoms with Gasteiger partial charge in [-0.15, -0.1) is 4.31 Å². The molecule has 0 radical (unpaired) electrons. The lowest BCUT2D eigenvalue weighted by molar-refractivity contribution is 0.234. The molecular formula is C32H71O8P4+. The molecule has 44 heavy (non-hydrogen) atoms. The largest absolute Gasteiger partial charge is 0.490 e. The predicted molar refractivity (Wildman–Crippen MR) is 193 cm³/mol. The highest BCUT2D eigenvalue weighted by Crippen LogP contribution is 2.88. The highest BCUT2D eigenvalue weighted by atomic mass is 32.2. The average molecular weight is 708 g/mol. The van der Waals surface area contributed by atoms with E-state index < -0.39 is 31.8 Å². The number of rotatable bonds is 36. The van der Waals surface area contributed by atoms with E-state index in [2.05, 4.69) is 27.7 Å². The van der Waals surface area contributed by atoms with Crippen LogP contribution >= 0.6 is 31.8 Å². The van der Waals surface area contributed by atoms with Gasteiger partial charge in [0.1, 0.15) is 0 Å². The molecule has 0 heterocycles. The van der Waals surface area contributed by atoms with Gasteiger partial charge in [-0.25, -0.2) is 0 Å². The van der Waals surface area contributed by atoms with Crippen LogP contribution in [0.15, 0.2) is 0 Å². The Labute approximate surface area is 276 Å². The molecule has 0 aliphatic heterocycles. The molecule has 0 aliphatic rings. The first-order valence-electron chi connectivity index (χ1n) is 18.1. The summed E-state index contributed by atoms with van der Waals surface area (Å²) in [5.41, 5.74) is 0. The molecular weight excluding hydrogens is 636 g/mol. The molecule has 0 aromatic carbocycles. The summed E-state index contributed by atoms with van der Waals surface area (Å²) < 4.78 is 29.4. The van der Waals surface area contributed by atoms with Gasteiger partial charge in [0.15, 0.2) is 0 Å². The fraction of sp³-hybridized carbons (Fsp3) is 1.00. The Morgan fingerprint density at radius 3 is 1.00 bits per heavy atom. The first-order chi connectivity index (χ1) is 21.4. The first-order valence-corrected chi connectivity index (χ1v) is 24.7. The van der Waals surface area contributed by atoms with Gasteiger partial charge >= 0.3 is 23.8 Å². The quantitative estimate of drug-likeness (QED) is 0.0436. The lowest BCUT2D eigenvalue weighted by atomic mass is 10.1. The van der Waals surface area contributed by atoms with E-state index in [1.54, 1.807) is 0 Å². The van der Waals surface area contributed by atoms with E-state index in [9.17, 15) is 14.7 Å². The van der Waals surface area contributed by atoms with Crippen molar-refractivity contribution in [1.29, 1.82) is 0 Å². The fourth-order valence-electron chi connectivity index (χ4n) is 4.58. The molecule has 0 spiro atoms. The van der Waals surface area contributed by atoms with E-state index in [1.165, 1.54) is 77.0 Å². The van der Waals surface area contributed by atoms with Crippen molar-refractivity contribution < 1.29 is 37.1 Å². The van der Waals surface area contributed by atoms with Crippen molar-refractivity contribution in [3.63, 3.8) is 0 Å². The zero-order valence-corrected chi connectivity index (χ0v) is 32.5. The normalized spacial score (nSPS) is 13.0. The monoisotopic (exact) mass is 707 g/mol. The van der Waals surface area contributed by atoms with Gasteiger partial charge in [0.25, 0.3) is 8.06 Å². The number of unbranched alkanes of at least 4 members (excludes halogenated alkanes) is 20. The first kappa shape index (κ1) is 45.4. The molecule has 0 rings (SSSR count). The molecule has 8 nitrogen and oxygen atoms in total. The van der Waals surface area contributed by atoms with Crippen LogP contribution in [0.25, 0.3) is 0 Å². The Hall–Kier alpha value is 1.40. The summed E-state index contributed by atoms with van der Waals surface area (Å²) in [5, 5.41) is 0. The minimum absolute atomic E-state index is 0.377. The second-order valence-corrected chi connectivity index (χ2v) is 20.4. The van der Waals surface area contributed by atoms with Gasteiger partial charge in [-0.2, -0.15) is 9.79 Å². The van der Waals surface area contributed by atoms with Gasteiger partial charge in [0, 0.05) is 0 Å². The van der Waals surface area contributed by atoms with Crippen LogP contribution in [0.4, 0.5) is 0 Å². The Bertz CT molecular complexity index is 544. The minimum atomic E-state index is -4.15. The standard InChI is InChI=1S/C32H71O8P4/c1-5-9-13-17-21-25-29-36-42(37-30-26-22-18-14-10-6-2)41(33)40-44(34,35)43(38-31-27-23-19-15-11-7-3)39-32-28-24-20-16-12-8-4/h33-35H,5-32H2,1-4H3/q+1. The zero-order chi connectivity index (χ0) is 32.6. The average Bonchev–Trinajstić information content (AvgIpc) is 3.00. The van der Waals surface area contributed by atoms with Gasteiger partial charge in [-0.1, -0.05) is 156 Å². The summed E-state index contributed by atoms with van der Waals surface area (Å²) in [5.74, 6) is 0. The molecule has 0 fully saturated rings. The Kier molecular flexibility index (Phi) is 35.4. The van der Waals surface area contributed by atoms with Gasteiger partial charge in [-0.3, -0.25) is 9.05 Å². The summed E-state index contributed by atoms with van der Waals surface area (Å²) in [4.78, 5) is 33.3. The highest BCUT2D eigenvalue weighted by Gasteiger charge is 2.56. The van der Waals surface area contributed by atoms with Crippen molar-refractivity contribution in [2.75, 3.05) is 26.4 Å². The van der Waals surface area contributed by atoms with E-state index in [0.717, 1.165) is 77.0 Å². The second-order valence-electron chi connectivity index (χ2n) is 11.7. The maximum Gasteiger partial charge on any atom is 0.490 e. The van der Waals surface area contributed by atoms with Crippen molar-refractivity contribution in [2.45, 2.75) is 182 Å². The molecule has 0 aliphatic carbocycles. The zero-order valence-electron chi connectivity index (χ0n) is 29.0. The van der Waals surface area contributed by atoms with Crippen LogP contribution in [-0.4, -0.2) is 41.1 Å². The maximum atomic E-state index is 11.1. The molecule has 0 saturated heterocycles. The fourth-order valence-corrected chi connectivity index (χ4v) is 13.2. The Balaban J connectivity index is 5.05. The van der Waals surface area contributed by atoms with Crippen molar-refractivity contribution in [3.05, 3.63) is 0 Å². The van der Waals surface area contributed by atoms with Gasteiger partial charge in [0.05, 0.1) is 26.4 Å². The molecule has 1 unspecified atom stereocenters. The summed E-state index contributed by atoms with van der Waals surface area (Å²) >= 11 is 0. The predicted octanol–water partition coefficient (Wildman–Crippen LogP) is 13.0. The molecule has 0 aromatic rings. The lowest BCUT2D eigenvalue weighted by Gasteiger charge is -2.24. The molecule has 0 bridgehead atoms. The van der Waals surface area contributed by atoms with E-state index in [4.69, 9.17) is 22.4 Å². The Morgan fingerprint density at radius 1 is 0.409 bits per heavy atom. The van der Waals surface area contributed by atoms with Crippen LogP contribution in [-0.2, 0) is 22.4 Å². The lowest BCUT2D eigenvalue weighted by Crippen LogP contribution is -2.03. The highest BCUT2D eigenvalue weighted by molar-refractivity contribution is 8.32. The topological polar surface area (TPSA) is 107 Å². The molecule has 0 saturated carbocycles. The number of hydrogen-bond acceptors (Lipinski definition) is 8. The van der Waals surface area contributed by atoms with Crippen molar-refractivity contribution in [3.8, 4) is 0 Å². The van der Waals surface area contributed by atoms with Crippen LogP contribution in [0.3, 0.4) is 0 Å². The van der Waals surface area contributed by atoms with Crippen LogP contribution in [0.1, 0.15) is 182 Å². The number of hydrogen-bond donors (Lipinski definition) is 3. The van der Waals surface area contributed by atoms with Gasteiger partial charge < -0.3 is 13.9 Å². The van der Waals surface area contributed by atoms with E-state index in [1.807, 2.05) is 0 Å². The summed E-state index contributed by atoms with van der Waals surface area (Å²) in [7, 11) is -10.4. The third-order valence-electron chi connectivity index (χ3n) is 7.33. The molecule has 3 N–H and O–H groups in total. The Morgan fingerprint density at radius 2 is 0.682 bits per heavy atom. The van der Waals surface area contributed by atoms with Crippen LogP contribution in [0.5, 0.6) is 0 Å². The van der Waals surface area contributed by atoms with Crippen molar-refractivity contribution in [1.82, 2.24) is 0 Å². The van der Waals surface area contributed by atoms with Crippen LogP contribution in [0.2, 0.25) is 0 Å². The van der Waals surface area contributed by atoms with Gasteiger partial charge in [-0.05, 0) is 25.7 Å². The van der Waals surface area contributed by atoms with E-state index in [0.29, 0.717) is 26.4 Å². The van der Waals surface area contributed by atoms with E-state index in [-0.39, 0.29) is 0 Å². The SMILES string of the molecule is CCCCCCCCOP(OCCCCCCCC)P(O)O[P+](O)(O)P(OCCCCCCCC)OCCCCCCCC. The summed E-state index contributed by atoms with van der Waals surface area (Å²) in [6.07, 6.45) is 26.8. The third kappa shape index (κ3) is 28.4. The van der Waals surface area contributed by atoms with Gasteiger partial charge in [0.2, 0.25) is 0 Å². The van der Waals surface area contributed by atoms with Crippen LogP contribution < -0.4 is 0 Å². The minimum Gasteiger partial charge on any atom is -0.340 e. The third-order valence-corrected chi connectivity index (χ3v) is 15.9. The van der Waals surface area contributed by atoms with E-state index >= 15 is 0 Å². The summed E-state index contributed by atoms with van der Waals surface area (Å²) in [6.45, 7) is 10.5. The summed E-state index contributed by atoms with van der Waals surface area (Å²) in [6, 6.07) is 0. The van der Waals surface area contributed by atoms with Crippen LogP contribution in [0, 0.1) is 0 Å². The van der Waals surface area contributed by atoms with Crippen molar-refractivity contribution >= 4 is 31.8 Å². The molecule has 0 aromatic heterocycles. The molecule has 0 amide bonds.